The van der Waals surface area contributed by atoms with E-state index < -0.39 is 0 Å². The predicted molar refractivity (Wildman–Crippen MR) is 109 cm³/mol. The number of Topliss-reactive ketones (excluding diaryl/α,β-unsaturated/α-hetero) is 1. The number of aromatic nitrogens is 2. The van der Waals surface area contributed by atoms with Crippen LogP contribution in [0.2, 0.25) is 10.0 Å². The van der Waals surface area contributed by atoms with Crippen LogP contribution in [0.5, 0.6) is 0 Å². The van der Waals surface area contributed by atoms with Crippen molar-refractivity contribution in [2.24, 2.45) is 0 Å². The molecule has 0 saturated carbocycles. The second-order valence-electron chi connectivity index (χ2n) is 5.72. The minimum absolute atomic E-state index is 0.0737. The van der Waals surface area contributed by atoms with Gasteiger partial charge in [-0.1, -0.05) is 35.0 Å². The number of hydrogen-bond donors (Lipinski definition) is 0. The molecule has 8 heteroatoms. The van der Waals surface area contributed by atoms with Gasteiger partial charge in [0.25, 0.3) is 5.56 Å². The molecule has 3 rings (SSSR count). The summed E-state index contributed by atoms with van der Waals surface area (Å²) in [6.07, 6.45) is 0. The van der Waals surface area contributed by atoms with E-state index in [4.69, 9.17) is 27.9 Å². The first-order valence-electron chi connectivity index (χ1n) is 8.10. The summed E-state index contributed by atoms with van der Waals surface area (Å²) >= 11 is 13.1. The van der Waals surface area contributed by atoms with Gasteiger partial charge in [0.1, 0.15) is 0 Å². The van der Waals surface area contributed by atoms with Gasteiger partial charge in [0, 0.05) is 22.7 Å². The molecule has 0 fully saturated rings. The Kier molecular flexibility index (Phi) is 6.55. The molecule has 0 aliphatic carbocycles. The molecule has 1 aromatic heterocycles. The molecule has 0 unspecified atom stereocenters. The van der Waals surface area contributed by atoms with Crippen molar-refractivity contribution < 1.29 is 9.53 Å². The Morgan fingerprint density at radius 3 is 2.56 bits per heavy atom. The third kappa shape index (κ3) is 4.71. The number of hydrogen-bond acceptors (Lipinski definition) is 5. The molecule has 0 bridgehead atoms. The van der Waals surface area contributed by atoms with Crippen molar-refractivity contribution in [2.75, 3.05) is 19.5 Å². The lowest BCUT2D eigenvalue weighted by Gasteiger charge is -2.12. The molecule has 0 radical (unpaired) electrons. The van der Waals surface area contributed by atoms with E-state index in [1.807, 2.05) is 0 Å². The van der Waals surface area contributed by atoms with Crippen LogP contribution in [-0.4, -0.2) is 34.8 Å². The number of nitrogens with zero attached hydrogens (tertiary/aromatic N) is 2. The smallest absolute Gasteiger partial charge is 0.262 e. The van der Waals surface area contributed by atoms with Crippen LogP contribution in [-0.2, 0) is 11.3 Å². The van der Waals surface area contributed by atoms with Crippen LogP contribution in [0, 0.1) is 0 Å². The van der Waals surface area contributed by atoms with Crippen molar-refractivity contribution in [2.45, 2.75) is 11.7 Å². The number of fused-ring (bicyclic) bond motifs is 1. The van der Waals surface area contributed by atoms with Crippen LogP contribution in [0.3, 0.4) is 0 Å². The van der Waals surface area contributed by atoms with Gasteiger partial charge in [-0.15, -0.1) is 0 Å². The summed E-state index contributed by atoms with van der Waals surface area (Å²) in [5, 5.41) is 2.00. The molecule has 0 saturated heterocycles. The third-order valence-corrected chi connectivity index (χ3v) is 5.36. The Labute approximate surface area is 170 Å². The van der Waals surface area contributed by atoms with Gasteiger partial charge in [0.15, 0.2) is 10.9 Å². The fraction of sp³-hybridized carbons (Fsp3) is 0.211. The Morgan fingerprint density at radius 1 is 1.15 bits per heavy atom. The van der Waals surface area contributed by atoms with E-state index in [0.717, 1.165) is 0 Å². The molecule has 1 heterocycles. The highest BCUT2D eigenvalue weighted by atomic mass is 35.5. The standard InChI is InChI=1S/C19H16Cl2N2O3S/c1-26-9-8-23-18(25)15-7-6-14(21)10-16(15)22-19(23)27-11-17(24)12-2-4-13(20)5-3-12/h2-7,10H,8-9,11H2,1H3. The topological polar surface area (TPSA) is 61.2 Å². The second-order valence-corrected chi connectivity index (χ2v) is 7.54. The highest BCUT2D eigenvalue weighted by molar-refractivity contribution is 7.99. The summed E-state index contributed by atoms with van der Waals surface area (Å²) in [4.78, 5) is 29.8. The van der Waals surface area contributed by atoms with Crippen molar-refractivity contribution >= 4 is 51.6 Å². The molecule has 5 nitrogen and oxygen atoms in total. The van der Waals surface area contributed by atoms with E-state index in [9.17, 15) is 9.59 Å². The number of rotatable bonds is 7. The van der Waals surface area contributed by atoms with Gasteiger partial charge < -0.3 is 4.74 Å². The number of ketones is 1. The van der Waals surface area contributed by atoms with E-state index in [2.05, 4.69) is 4.98 Å². The Bertz CT molecular complexity index is 1040. The maximum atomic E-state index is 12.8. The monoisotopic (exact) mass is 422 g/mol. The number of halogens is 2. The molecular weight excluding hydrogens is 407 g/mol. The number of benzene rings is 2. The lowest BCUT2D eigenvalue weighted by Crippen LogP contribution is -2.25. The van der Waals surface area contributed by atoms with Crippen LogP contribution in [0.15, 0.2) is 52.4 Å². The molecule has 0 N–H and O–H groups in total. The Morgan fingerprint density at radius 2 is 1.85 bits per heavy atom. The zero-order chi connectivity index (χ0) is 19.4. The molecule has 0 aliphatic rings. The van der Waals surface area contributed by atoms with Crippen LogP contribution >= 0.6 is 35.0 Å². The van der Waals surface area contributed by atoms with Gasteiger partial charge >= 0.3 is 0 Å². The third-order valence-electron chi connectivity index (χ3n) is 3.90. The van der Waals surface area contributed by atoms with E-state index in [0.29, 0.717) is 44.8 Å². The second kappa shape index (κ2) is 8.89. The molecule has 27 heavy (non-hydrogen) atoms. The molecule has 2 aromatic carbocycles. The van der Waals surface area contributed by atoms with E-state index >= 15 is 0 Å². The van der Waals surface area contributed by atoms with Crippen molar-refractivity contribution in [3.8, 4) is 0 Å². The van der Waals surface area contributed by atoms with Crippen LogP contribution in [0.1, 0.15) is 10.4 Å². The number of thioether (sulfide) groups is 1. The maximum absolute atomic E-state index is 12.8. The number of ether oxygens (including phenoxy) is 1. The van der Waals surface area contributed by atoms with Crippen LogP contribution in [0.4, 0.5) is 0 Å². The van der Waals surface area contributed by atoms with Gasteiger partial charge in [0.05, 0.1) is 29.8 Å². The molecule has 0 spiro atoms. The summed E-state index contributed by atoms with van der Waals surface area (Å²) < 4.78 is 6.62. The number of carbonyl (C=O) groups is 1. The van der Waals surface area contributed by atoms with Gasteiger partial charge in [-0.2, -0.15) is 0 Å². The van der Waals surface area contributed by atoms with E-state index in [1.165, 1.54) is 16.3 Å². The number of carbonyl (C=O) groups excluding carboxylic acids is 1. The predicted octanol–water partition coefficient (Wildman–Crippen LogP) is 4.32. The van der Waals surface area contributed by atoms with Crippen LogP contribution in [0.25, 0.3) is 10.9 Å². The fourth-order valence-electron chi connectivity index (χ4n) is 2.51. The normalized spacial score (nSPS) is 11.1. The highest BCUT2D eigenvalue weighted by Gasteiger charge is 2.14. The van der Waals surface area contributed by atoms with Crippen molar-refractivity contribution in [1.29, 1.82) is 0 Å². The van der Waals surface area contributed by atoms with Crippen molar-refractivity contribution in [3.05, 3.63) is 68.4 Å². The molecule has 140 valence electrons. The van der Waals surface area contributed by atoms with Gasteiger partial charge in [-0.05, 0) is 42.5 Å². The first-order valence-corrected chi connectivity index (χ1v) is 9.84. The molecule has 0 atom stereocenters. The Hall–Kier alpha value is -1.86. The minimum atomic E-state index is -0.185. The van der Waals surface area contributed by atoms with Crippen molar-refractivity contribution in [1.82, 2.24) is 9.55 Å². The summed E-state index contributed by atoms with van der Waals surface area (Å²) in [5.41, 5.74) is 0.874. The van der Waals surface area contributed by atoms with Crippen molar-refractivity contribution in [3.63, 3.8) is 0 Å². The molecule has 0 aliphatic heterocycles. The summed E-state index contributed by atoms with van der Waals surface area (Å²) in [7, 11) is 1.57. The summed E-state index contributed by atoms with van der Waals surface area (Å²) in [5.74, 6) is 0.0723. The lowest BCUT2D eigenvalue weighted by atomic mass is 10.1. The fourth-order valence-corrected chi connectivity index (χ4v) is 3.73. The summed E-state index contributed by atoms with van der Waals surface area (Å²) in [6.45, 7) is 0.706. The number of methoxy groups -OCH3 is 1. The van der Waals surface area contributed by atoms with Gasteiger partial charge in [-0.3, -0.25) is 14.2 Å². The molecule has 3 aromatic rings. The van der Waals surface area contributed by atoms with Gasteiger partial charge in [0.2, 0.25) is 0 Å². The maximum Gasteiger partial charge on any atom is 0.262 e. The Balaban J connectivity index is 1.92. The van der Waals surface area contributed by atoms with E-state index in [1.54, 1.807) is 49.6 Å². The quantitative estimate of drug-likeness (QED) is 0.322. The van der Waals surface area contributed by atoms with Crippen LogP contribution < -0.4 is 5.56 Å². The zero-order valence-corrected chi connectivity index (χ0v) is 16.8. The van der Waals surface area contributed by atoms with Gasteiger partial charge in [-0.25, -0.2) is 4.98 Å². The SMILES string of the molecule is COCCn1c(SCC(=O)c2ccc(Cl)cc2)nc2cc(Cl)ccc2c1=O. The first-order chi connectivity index (χ1) is 13.0. The minimum Gasteiger partial charge on any atom is -0.383 e. The largest absolute Gasteiger partial charge is 0.383 e. The highest BCUT2D eigenvalue weighted by Crippen LogP contribution is 2.22. The first kappa shape index (κ1) is 19.9. The van der Waals surface area contributed by atoms with E-state index in [-0.39, 0.29) is 17.1 Å². The average molecular weight is 423 g/mol. The zero-order valence-electron chi connectivity index (χ0n) is 14.4. The molecular formula is C19H16Cl2N2O3S. The lowest BCUT2D eigenvalue weighted by molar-refractivity contribution is 0.102. The average Bonchev–Trinajstić information content (AvgIpc) is 2.66. The summed E-state index contributed by atoms with van der Waals surface area (Å²) in [6, 6.07) is 11.7. The molecule has 0 amide bonds.